The molecule has 1 aromatic heterocycles. The summed E-state index contributed by atoms with van der Waals surface area (Å²) < 4.78 is 0. The maximum absolute atomic E-state index is 4.95. The Hall–Kier alpha value is -0.410. The molecule has 1 rings (SSSR count). The summed E-state index contributed by atoms with van der Waals surface area (Å²) >= 11 is 1.91. The molecule has 2 nitrogen and oxygen atoms in total. The molecule has 1 heterocycles. The molecule has 0 aliphatic rings. The van der Waals surface area contributed by atoms with Crippen LogP contribution in [-0.4, -0.2) is 11.5 Å². The summed E-state index contributed by atoms with van der Waals surface area (Å²) in [6.45, 7) is 15.4. The highest BCUT2D eigenvalue weighted by molar-refractivity contribution is 7.11. The molecule has 0 aliphatic heterocycles. The van der Waals surface area contributed by atoms with Gasteiger partial charge in [0.15, 0.2) is 0 Å². The summed E-state index contributed by atoms with van der Waals surface area (Å²) in [7, 11) is 0. The van der Waals surface area contributed by atoms with E-state index in [2.05, 4.69) is 46.9 Å². The Morgan fingerprint density at radius 1 is 1.17 bits per heavy atom. The highest BCUT2D eigenvalue weighted by Gasteiger charge is 2.24. The third-order valence-corrected chi connectivity index (χ3v) is 4.51. The van der Waals surface area contributed by atoms with Crippen molar-refractivity contribution in [2.24, 2.45) is 0 Å². The molecular formula is C15H28N2S. The topological polar surface area (TPSA) is 24.9 Å². The van der Waals surface area contributed by atoms with Crippen LogP contribution in [-0.2, 0) is 12.0 Å². The molecule has 1 N–H and O–H groups in total. The molecule has 0 spiro atoms. The average molecular weight is 268 g/mol. The molecule has 0 aromatic carbocycles. The molecule has 0 saturated heterocycles. The van der Waals surface area contributed by atoms with Crippen LogP contribution in [0, 0.1) is 0 Å². The van der Waals surface area contributed by atoms with E-state index < -0.39 is 0 Å². The largest absolute Gasteiger partial charge is 0.312 e. The average Bonchev–Trinajstić information content (AvgIpc) is 2.72. The standard InChI is InChI=1S/C15H28N2S/c1-7-11(8-2)14-17-13(15(4,5)6)12(18-14)10-16-9-3/h11,16H,7-10H2,1-6H3. The van der Waals surface area contributed by atoms with Gasteiger partial charge >= 0.3 is 0 Å². The normalized spacial score (nSPS) is 12.4. The second-order valence-corrected chi connectivity index (χ2v) is 6.98. The minimum Gasteiger partial charge on any atom is -0.312 e. The second-order valence-electron chi connectivity index (χ2n) is 5.87. The Morgan fingerprint density at radius 3 is 2.22 bits per heavy atom. The molecule has 18 heavy (non-hydrogen) atoms. The van der Waals surface area contributed by atoms with Crippen molar-refractivity contribution < 1.29 is 0 Å². The van der Waals surface area contributed by atoms with Crippen LogP contribution < -0.4 is 5.32 Å². The van der Waals surface area contributed by atoms with Crippen molar-refractivity contribution in [1.82, 2.24) is 10.3 Å². The van der Waals surface area contributed by atoms with Gasteiger partial charge in [-0.15, -0.1) is 11.3 Å². The zero-order valence-corrected chi connectivity index (χ0v) is 13.6. The summed E-state index contributed by atoms with van der Waals surface area (Å²) in [6.07, 6.45) is 2.38. The fourth-order valence-corrected chi connectivity index (χ4v) is 3.64. The van der Waals surface area contributed by atoms with Gasteiger partial charge in [-0.2, -0.15) is 0 Å². The first-order valence-electron chi connectivity index (χ1n) is 7.14. The van der Waals surface area contributed by atoms with E-state index in [1.54, 1.807) is 0 Å². The van der Waals surface area contributed by atoms with Crippen molar-refractivity contribution in [3.8, 4) is 0 Å². The van der Waals surface area contributed by atoms with Crippen LogP contribution in [0.5, 0.6) is 0 Å². The van der Waals surface area contributed by atoms with Gasteiger partial charge in [0.2, 0.25) is 0 Å². The predicted molar refractivity (Wildman–Crippen MR) is 81.5 cm³/mol. The number of hydrogen-bond donors (Lipinski definition) is 1. The highest BCUT2D eigenvalue weighted by Crippen LogP contribution is 2.34. The number of hydrogen-bond acceptors (Lipinski definition) is 3. The van der Waals surface area contributed by atoms with Gasteiger partial charge in [-0.3, -0.25) is 0 Å². The van der Waals surface area contributed by atoms with Gasteiger partial charge in [-0.25, -0.2) is 4.98 Å². The molecule has 1 aromatic rings. The lowest BCUT2D eigenvalue weighted by molar-refractivity contribution is 0.552. The second kappa shape index (κ2) is 6.67. The summed E-state index contributed by atoms with van der Waals surface area (Å²) in [5.41, 5.74) is 1.43. The number of aromatic nitrogens is 1. The lowest BCUT2D eigenvalue weighted by Gasteiger charge is -2.17. The van der Waals surface area contributed by atoms with Crippen LogP contribution in [0.2, 0.25) is 0 Å². The minimum atomic E-state index is 0.144. The molecule has 0 radical (unpaired) electrons. The van der Waals surface area contributed by atoms with Crippen LogP contribution in [0.25, 0.3) is 0 Å². The summed E-state index contributed by atoms with van der Waals surface area (Å²) in [6, 6.07) is 0. The smallest absolute Gasteiger partial charge is 0.0962 e. The van der Waals surface area contributed by atoms with E-state index in [9.17, 15) is 0 Å². The molecule has 0 fully saturated rings. The summed E-state index contributed by atoms with van der Waals surface area (Å²) in [5.74, 6) is 0.631. The van der Waals surface area contributed by atoms with Gasteiger partial charge in [-0.05, 0) is 19.4 Å². The maximum atomic E-state index is 4.95. The fourth-order valence-electron chi connectivity index (χ4n) is 2.13. The first-order chi connectivity index (χ1) is 8.43. The van der Waals surface area contributed by atoms with Crippen molar-refractivity contribution in [2.45, 2.75) is 72.3 Å². The molecular weight excluding hydrogens is 240 g/mol. The quantitative estimate of drug-likeness (QED) is 0.824. The molecule has 0 bridgehead atoms. The van der Waals surface area contributed by atoms with E-state index in [-0.39, 0.29) is 5.41 Å². The zero-order valence-electron chi connectivity index (χ0n) is 12.8. The summed E-state index contributed by atoms with van der Waals surface area (Å²) in [4.78, 5) is 6.38. The number of thiazole rings is 1. The van der Waals surface area contributed by atoms with Crippen LogP contribution in [0.15, 0.2) is 0 Å². The number of nitrogens with zero attached hydrogens (tertiary/aromatic N) is 1. The van der Waals surface area contributed by atoms with Gasteiger partial charge in [-0.1, -0.05) is 41.5 Å². The first-order valence-corrected chi connectivity index (χ1v) is 7.96. The predicted octanol–water partition coefficient (Wildman–Crippen LogP) is 4.45. The van der Waals surface area contributed by atoms with Crippen molar-refractivity contribution in [2.75, 3.05) is 6.54 Å². The lowest BCUT2D eigenvalue weighted by Crippen LogP contribution is -2.18. The van der Waals surface area contributed by atoms with Gasteiger partial charge < -0.3 is 5.32 Å². The molecule has 0 unspecified atom stereocenters. The van der Waals surface area contributed by atoms with Crippen LogP contribution in [0.4, 0.5) is 0 Å². The molecule has 0 saturated carbocycles. The Labute approximate surface area is 116 Å². The first kappa shape index (κ1) is 15.6. The Kier molecular flexibility index (Phi) is 5.80. The Morgan fingerprint density at radius 2 is 1.78 bits per heavy atom. The van der Waals surface area contributed by atoms with Gasteiger partial charge in [0, 0.05) is 22.8 Å². The molecule has 0 aliphatic carbocycles. The van der Waals surface area contributed by atoms with E-state index >= 15 is 0 Å². The van der Waals surface area contributed by atoms with Crippen molar-refractivity contribution in [3.63, 3.8) is 0 Å². The number of rotatable bonds is 6. The molecule has 0 atom stereocenters. The third kappa shape index (κ3) is 3.79. The third-order valence-electron chi connectivity index (χ3n) is 3.29. The van der Waals surface area contributed by atoms with Crippen molar-refractivity contribution in [3.05, 3.63) is 15.6 Å². The van der Waals surface area contributed by atoms with E-state index in [0.29, 0.717) is 5.92 Å². The van der Waals surface area contributed by atoms with E-state index in [1.807, 2.05) is 11.3 Å². The Bertz CT molecular complexity index is 359. The van der Waals surface area contributed by atoms with Gasteiger partial charge in [0.1, 0.15) is 0 Å². The van der Waals surface area contributed by atoms with E-state index in [0.717, 1.165) is 13.1 Å². The van der Waals surface area contributed by atoms with Crippen LogP contribution in [0.3, 0.4) is 0 Å². The lowest BCUT2D eigenvalue weighted by atomic mass is 9.91. The van der Waals surface area contributed by atoms with Crippen LogP contribution >= 0.6 is 11.3 Å². The van der Waals surface area contributed by atoms with E-state index in [4.69, 9.17) is 4.98 Å². The number of nitrogens with one attached hydrogen (secondary N) is 1. The highest BCUT2D eigenvalue weighted by atomic mass is 32.1. The van der Waals surface area contributed by atoms with E-state index in [1.165, 1.54) is 28.4 Å². The van der Waals surface area contributed by atoms with Gasteiger partial charge in [0.05, 0.1) is 10.7 Å². The molecule has 104 valence electrons. The van der Waals surface area contributed by atoms with Crippen molar-refractivity contribution in [1.29, 1.82) is 0 Å². The summed E-state index contributed by atoms with van der Waals surface area (Å²) in [5, 5.41) is 4.77. The molecule has 3 heteroatoms. The van der Waals surface area contributed by atoms with Gasteiger partial charge in [0.25, 0.3) is 0 Å². The van der Waals surface area contributed by atoms with Crippen LogP contribution in [0.1, 0.15) is 75.9 Å². The SMILES string of the molecule is CCNCc1sc(C(CC)CC)nc1C(C)(C)C. The molecule has 0 amide bonds. The maximum Gasteiger partial charge on any atom is 0.0962 e. The van der Waals surface area contributed by atoms with Crippen molar-refractivity contribution >= 4 is 11.3 Å². The zero-order chi connectivity index (χ0) is 13.8. The fraction of sp³-hybridized carbons (Fsp3) is 0.800. The monoisotopic (exact) mass is 268 g/mol. The Balaban J connectivity index is 3.06. The minimum absolute atomic E-state index is 0.144.